The van der Waals surface area contributed by atoms with Gasteiger partial charge in [0.2, 0.25) is 5.91 Å². The van der Waals surface area contributed by atoms with E-state index >= 15 is 0 Å². The molecule has 5 heteroatoms. The minimum absolute atomic E-state index is 0.0545. The van der Waals surface area contributed by atoms with Crippen LogP contribution < -0.4 is 5.73 Å². The van der Waals surface area contributed by atoms with E-state index < -0.39 is 11.6 Å². The van der Waals surface area contributed by atoms with Gasteiger partial charge in [0.05, 0.1) is 0 Å². The molecule has 2 N–H and O–H groups in total. The summed E-state index contributed by atoms with van der Waals surface area (Å²) in [5.74, 6) is -2.00. The van der Waals surface area contributed by atoms with Crippen LogP contribution in [0.2, 0.25) is 0 Å². The summed E-state index contributed by atoms with van der Waals surface area (Å²) in [6, 6.07) is 4.28. The highest BCUT2D eigenvalue weighted by atomic mass is 19.2. The molecular weight excluding hydrogens is 274 g/mol. The lowest BCUT2D eigenvalue weighted by Gasteiger charge is -2.35. The molecule has 1 heterocycles. The molecule has 1 saturated heterocycles. The average molecular weight is 294 g/mol. The van der Waals surface area contributed by atoms with Crippen LogP contribution in [-0.4, -0.2) is 29.9 Å². The topological polar surface area (TPSA) is 46.3 Å². The zero-order valence-electron chi connectivity index (χ0n) is 11.9. The van der Waals surface area contributed by atoms with E-state index in [0.29, 0.717) is 18.5 Å². The summed E-state index contributed by atoms with van der Waals surface area (Å²) in [7, 11) is 0. The van der Waals surface area contributed by atoms with Crippen LogP contribution in [0, 0.1) is 17.6 Å². The van der Waals surface area contributed by atoms with Gasteiger partial charge in [-0.1, -0.05) is 12.1 Å². The minimum atomic E-state index is -0.844. The van der Waals surface area contributed by atoms with Crippen molar-refractivity contribution in [1.82, 2.24) is 4.90 Å². The van der Waals surface area contributed by atoms with Crippen molar-refractivity contribution in [2.45, 2.75) is 37.6 Å². The number of nitrogens with zero attached hydrogens (tertiary/aromatic N) is 1. The first-order valence-corrected chi connectivity index (χ1v) is 7.58. The number of likely N-dealkylation sites (tertiary alicyclic amines) is 1. The molecule has 1 aromatic rings. The van der Waals surface area contributed by atoms with Gasteiger partial charge in [-0.05, 0) is 43.2 Å². The fourth-order valence-corrected chi connectivity index (χ4v) is 3.37. The van der Waals surface area contributed by atoms with Crippen molar-refractivity contribution < 1.29 is 13.6 Å². The fraction of sp³-hybridized carbons (Fsp3) is 0.562. The van der Waals surface area contributed by atoms with Crippen LogP contribution in [0.5, 0.6) is 0 Å². The normalized spacial score (nSPS) is 28.5. The van der Waals surface area contributed by atoms with E-state index in [1.165, 1.54) is 6.07 Å². The van der Waals surface area contributed by atoms with Crippen molar-refractivity contribution in [3.63, 3.8) is 0 Å². The van der Waals surface area contributed by atoms with Gasteiger partial charge < -0.3 is 10.6 Å². The predicted molar refractivity (Wildman–Crippen MR) is 75.6 cm³/mol. The number of benzene rings is 1. The number of rotatable bonds is 3. The molecule has 0 bridgehead atoms. The molecule has 0 aromatic heterocycles. The van der Waals surface area contributed by atoms with Gasteiger partial charge in [-0.15, -0.1) is 0 Å². The monoisotopic (exact) mass is 294 g/mol. The second-order valence-corrected chi connectivity index (χ2v) is 6.01. The van der Waals surface area contributed by atoms with E-state index in [-0.39, 0.29) is 23.8 Å². The van der Waals surface area contributed by atoms with E-state index in [4.69, 9.17) is 5.73 Å². The van der Waals surface area contributed by atoms with Crippen LogP contribution in [0.15, 0.2) is 18.2 Å². The number of carbonyl (C=O) groups is 1. The van der Waals surface area contributed by atoms with Crippen LogP contribution in [0.3, 0.4) is 0 Å². The van der Waals surface area contributed by atoms with Crippen LogP contribution in [-0.2, 0) is 4.79 Å². The summed E-state index contributed by atoms with van der Waals surface area (Å²) in [4.78, 5) is 14.4. The fourth-order valence-electron chi connectivity index (χ4n) is 3.37. The molecule has 2 aliphatic rings. The lowest BCUT2D eigenvalue weighted by atomic mass is 10.0. The Morgan fingerprint density at radius 1 is 1.33 bits per heavy atom. The molecule has 3 rings (SSSR count). The largest absolute Gasteiger partial charge is 0.338 e. The van der Waals surface area contributed by atoms with E-state index in [0.717, 1.165) is 31.9 Å². The Bertz CT molecular complexity index is 549. The number of nitrogens with two attached hydrogens (primary N) is 1. The molecule has 1 amide bonds. The molecule has 0 radical (unpaired) electrons. The van der Waals surface area contributed by atoms with Crippen molar-refractivity contribution in [2.24, 2.45) is 11.7 Å². The molecular formula is C16H20F2N2O. The molecule has 3 nitrogen and oxygen atoms in total. The number of piperidine rings is 1. The van der Waals surface area contributed by atoms with Crippen LogP contribution >= 0.6 is 0 Å². The molecule has 21 heavy (non-hydrogen) atoms. The molecule has 3 atom stereocenters. The second kappa shape index (κ2) is 5.72. The zero-order valence-corrected chi connectivity index (χ0v) is 11.9. The minimum Gasteiger partial charge on any atom is -0.338 e. The predicted octanol–water partition coefficient (Wildman–Crippen LogP) is 2.41. The van der Waals surface area contributed by atoms with Crippen LogP contribution in [0.25, 0.3) is 0 Å². The third-order valence-corrected chi connectivity index (χ3v) is 4.67. The Morgan fingerprint density at radius 2 is 2.14 bits per heavy atom. The van der Waals surface area contributed by atoms with Crippen molar-refractivity contribution in [3.8, 4) is 0 Å². The maximum absolute atomic E-state index is 13.8. The number of halogens is 2. The smallest absolute Gasteiger partial charge is 0.226 e. The Morgan fingerprint density at radius 3 is 2.90 bits per heavy atom. The third-order valence-electron chi connectivity index (χ3n) is 4.67. The van der Waals surface area contributed by atoms with Gasteiger partial charge in [0.1, 0.15) is 0 Å². The van der Waals surface area contributed by atoms with Gasteiger partial charge >= 0.3 is 0 Å². The maximum Gasteiger partial charge on any atom is 0.226 e. The Balaban J connectivity index is 1.72. The first kappa shape index (κ1) is 14.4. The molecule has 2 fully saturated rings. The van der Waals surface area contributed by atoms with Gasteiger partial charge in [-0.25, -0.2) is 8.78 Å². The lowest BCUT2D eigenvalue weighted by molar-refractivity contribution is -0.136. The summed E-state index contributed by atoms with van der Waals surface area (Å²) in [5.41, 5.74) is 6.07. The summed E-state index contributed by atoms with van der Waals surface area (Å²) < 4.78 is 27.1. The number of hydrogen-bond acceptors (Lipinski definition) is 2. The second-order valence-electron chi connectivity index (χ2n) is 6.01. The van der Waals surface area contributed by atoms with Crippen LogP contribution in [0.4, 0.5) is 8.78 Å². The number of amides is 1. The van der Waals surface area contributed by atoms with E-state index in [1.54, 1.807) is 6.07 Å². The Kier molecular flexibility index (Phi) is 3.93. The molecule has 0 unspecified atom stereocenters. The first-order valence-electron chi connectivity index (χ1n) is 7.58. The van der Waals surface area contributed by atoms with Gasteiger partial charge in [0.25, 0.3) is 0 Å². The molecule has 1 aliphatic heterocycles. The third kappa shape index (κ3) is 2.67. The maximum atomic E-state index is 13.8. The lowest BCUT2D eigenvalue weighted by Crippen LogP contribution is -2.48. The summed E-state index contributed by atoms with van der Waals surface area (Å²) >= 11 is 0. The number of carbonyl (C=O) groups excluding carboxylic acids is 1. The highest BCUT2D eigenvalue weighted by molar-refractivity contribution is 5.83. The number of hydrogen-bond donors (Lipinski definition) is 1. The van der Waals surface area contributed by atoms with Crippen molar-refractivity contribution in [1.29, 1.82) is 0 Å². The van der Waals surface area contributed by atoms with E-state index in [1.807, 2.05) is 4.90 Å². The summed E-state index contributed by atoms with van der Waals surface area (Å²) in [6.07, 6.45) is 3.63. The SMILES string of the molecule is NC[C@@H]1CCCCN1C(=O)[C@@H]1C[C@H]1c1cccc(F)c1F. The van der Waals surface area contributed by atoms with Gasteiger partial charge in [-0.2, -0.15) is 0 Å². The molecule has 0 spiro atoms. The van der Waals surface area contributed by atoms with Crippen molar-refractivity contribution >= 4 is 5.91 Å². The summed E-state index contributed by atoms with van der Waals surface area (Å²) in [5, 5.41) is 0. The molecule has 1 aromatic carbocycles. The first-order chi connectivity index (χ1) is 10.1. The van der Waals surface area contributed by atoms with Gasteiger partial charge in [0.15, 0.2) is 11.6 Å². The average Bonchev–Trinajstić information content (AvgIpc) is 3.29. The van der Waals surface area contributed by atoms with Crippen LogP contribution in [0.1, 0.15) is 37.2 Å². The molecule has 1 saturated carbocycles. The van der Waals surface area contributed by atoms with E-state index in [9.17, 15) is 13.6 Å². The van der Waals surface area contributed by atoms with Crippen molar-refractivity contribution in [3.05, 3.63) is 35.4 Å². The quantitative estimate of drug-likeness (QED) is 0.930. The molecule has 114 valence electrons. The summed E-state index contributed by atoms with van der Waals surface area (Å²) in [6.45, 7) is 1.20. The van der Waals surface area contributed by atoms with Gasteiger partial charge in [-0.3, -0.25) is 4.79 Å². The van der Waals surface area contributed by atoms with E-state index in [2.05, 4.69) is 0 Å². The molecule has 1 aliphatic carbocycles. The zero-order chi connectivity index (χ0) is 15.0. The Labute approximate surface area is 123 Å². The Hall–Kier alpha value is -1.49. The highest BCUT2D eigenvalue weighted by Crippen LogP contribution is 2.49. The van der Waals surface area contributed by atoms with Crippen molar-refractivity contribution in [2.75, 3.05) is 13.1 Å². The standard InChI is InChI=1S/C16H20F2N2O/c17-14-6-3-5-11(15(14)18)12-8-13(12)16(21)20-7-2-1-4-10(20)9-19/h3,5-6,10,12-13H,1-2,4,7-9,19H2/t10-,12-,13+/m0/s1. The van der Waals surface area contributed by atoms with Gasteiger partial charge in [0, 0.05) is 25.0 Å². The highest BCUT2D eigenvalue weighted by Gasteiger charge is 2.48.